The van der Waals surface area contributed by atoms with Gasteiger partial charge in [0.25, 0.3) is 5.91 Å². The first-order valence-corrected chi connectivity index (χ1v) is 10.4. The van der Waals surface area contributed by atoms with Gasteiger partial charge in [0, 0.05) is 15.7 Å². The van der Waals surface area contributed by atoms with E-state index in [1.54, 1.807) is 4.68 Å². The number of anilines is 1. The molecule has 4 aromatic rings. The van der Waals surface area contributed by atoms with Crippen LogP contribution in [-0.4, -0.2) is 20.7 Å². The highest BCUT2D eigenvalue weighted by atomic mass is 79.9. The minimum Gasteiger partial charge on any atom is -0.319 e. The highest BCUT2D eigenvalue weighted by Crippen LogP contribution is 2.26. The molecule has 0 saturated heterocycles. The van der Waals surface area contributed by atoms with Crippen molar-refractivity contribution in [2.45, 2.75) is 20.8 Å². The maximum absolute atomic E-state index is 12.9. The summed E-state index contributed by atoms with van der Waals surface area (Å²) in [6.45, 7) is 6.10. The average Bonchev–Trinajstić information content (AvgIpc) is 3.17. The van der Waals surface area contributed by atoms with Crippen LogP contribution in [0.15, 0.2) is 71.2 Å². The number of aromatic nitrogens is 3. The van der Waals surface area contributed by atoms with Crippen molar-refractivity contribution in [1.29, 1.82) is 0 Å². The fraction of sp³-hybridized carbons (Fsp3) is 0.125. The molecule has 3 aromatic carbocycles. The number of carbonyl (C=O) groups excluding carboxylic acids is 1. The molecule has 1 heterocycles. The van der Waals surface area contributed by atoms with Crippen LogP contribution in [0.4, 0.5) is 5.69 Å². The number of nitrogens with one attached hydrogen (secondary N) is 1. The molecule has 150 valence electrons. The van der Waals surface area contributed by atoms with Crippen LogP contribution in [0.1, 0.15) is 27.3 Å². The van der Waals surface area contributed by atoms with Crippen LogP contribution >= 0.6 is 15.9 Å². The molecule has 30 heavy (non-hydrogen) atoms. The summed E-state index contributed by atoms with van der Waals surface area (Å²) < 4.78 is 2.72. The highest BCUT2D eigenvalue weighted by molar-refractivity contribution is 9.10. The second-order valence-electron chi connectivity index (χ2n) is 7.22. The van der Waals surface area contributed by atoms with Gasteiger partial charge in [-0.25, -0.2) is 9.67 Å². The normalized spacial score (nSPS) is 10.8. The fourth-order valence-electron chi connectivity index (χ4n) is 3.15. The lowest BCUT2D eigenvalue weighted by Crippen LogP contribution is -2.14. The Bertz CT molecular complexity index is 1210. The molecule has 1 amide bonds. The van der Waals surface area contributed by atoms with Crippen LogP contribution < -0.4 is 5.32 Å². The molecule has 0 atom stereocenters. The predicted octanol–water partition coefficient (Wildman–Crippen LogP) is 5.87. The number of benzene rings is 3. The number of amides is 1. The van der Waals surface area contributed by atoms with Gasteiger partial charge in [-0.15, -0.1) is 5.10 Å². The molecule has 0 aliphatic heterocycles. The fourth-order valence-corrected chi connectivity index (χ4v) is 3.42. The monoisotopic (exact) mass is 460 g/mol. The SMILES string of the molecule is Cc1ccc(NC(=O)c2nc(-c3ccc(Br)cc3)n(-c3cccc(C)c3C)n2)cc1. The third-order valence-corrected chi connectivity index (χ3v) is 5.55. The number of hydrogen-bond acceptors (Lipinski definition) is 3. The lowest BCUT2D eigenvalue weighted by molar-refractivity contribution is 0.101. The van der Waals surface area contributed by atoms with Gasteiger partial charge in [-0.3, -0.25) is 4.79 Å². The molecule has 4 rings (SSSR count). The Morgan fingerprint density at radius 3 is 2.33 bits per heavy atom. The summed E-state index contributed by atoms with van der Waals surface area (Å²) in [6, 6.07) is 21.5. The molecule has 0 fully saturated rings. The maximum atomic E-state index is 12.9. The Hall–Kier alpha value is -3.25. The molecular weight excluding hydrogens is 440 g/mol. The van der Waals surface area contributed by atoms with Gasteiger partial charge in [-0.1, -0.05) is 57.9 Å². The van der Waals surface area contributed by atoms with Gasteiger partial charge < -0.3 is 5.32 Å². The first-order chi connectivity index (χ1) is 14.4. The zero-order valence-electron chi connectivity index (χ0n) is 17.0. The van der Waals surface area contributed by atoms with Gasteiger partial charge in [0.2, 0.25) is 5.82 Å². The quantitative estimate of drug-likeness (QED) is 0.413. The van der Waals surface area contributed by atoms with Crippen molar-refractivity contribution in [3.63, 3.8) is 0 Å². The number of rotatable bonds is 4. The number of aryl methyl sites for hydroxylation is 2. The van der Waals surface area contributed by atoms with Crippen molar-refractivity contribution in [1.82, 2.24) is 14.8 Å². The third kappa shape index (κ3) is 4.04. The number of halogens is 1. The van der Waals surface area contributed by atoms with E-state index in [9.17, 15) is 4.79 Å². The zero-order valence-corrected chi connectivity index (χ0v) is 18.6. The molecule has 0 aliphatic carbocycles. The van der Waals surface area contributed by atoms with Gasteiger partial charge in [0.15, 0.2) is 5.82 Å². The molecule has 5 nitrogen and oxygen atoms in total. The number of nitrogens with zero attached hydrogens (tertiary/aromatic N) is 3. The topological polar surface area (TPSA) is 59.8 Å². The number of hydrogen-bond donors (Lipinski definition) is 1. The number of carbonyl (C=O) groups is 1. The highest BCUT2D eigenvalue weighted by Gasteiger charge is 2.20. The van der Waals surface area contributed by atoms with Crippen LogP contribution in [0.5, 0.6) is 0 Å². The summed E-state index contributed by atoms with van der Waals surface area (Å²) in [7, 11) is 0. The van der Waals surface area contributed by atoms with E-state index < -0.39 is 0 Å². The zero-order chi connectivity index (χ0) is 21.3. The van der Waals surface area contributed by atoms with E-state index in [4.69, 9.17) is 0 Å². The van der Waals surface area contributed by atoms with Gasteiger partial charge in [0.1, 0.15) is 0 Å². The van der Waals surface area contributed by atoms with Gasteiger partial charge >= 0.3 is 0 Å². The van der Waals surface area contributed by atoms with E-state index in [0.717, 1.165) is 32.4 Å². The van der Waals surface area contributed by atoms with Crippen LogP contribution in [-0.2, 0) is 0 Å². The molecular formula is C24H21BrN4O. The molecule has 0 aliphatic rings. The maximum Gasteiger partial charge on any atom is 0.295 e. The smallest absolute Gasteiger partial charge is 0.295 e. The summed E-state index contributed by atoms with van der Waals surface area (Å²) in [5.41, 5.74) is 5.85. The first-order valence-electron chi connectivity index (χ1n) is 9.60. The van der Waals surface area contributed by atoms with E-state index in [-0.39, 0.29) is 11.7 Å². The van der Waals surface area contributed by atoms with Gasteiger partial charge in [0.05, 0.1) is 5.69 Å². The summed E-state index contributed by atoms with van der Waals surface area (Å²) >= 11 is 3.47. The second-order valence-corrected chi connectivity index (χ2v) is 8.13. The summed E-state index contributed by atoms with van der Waals surface area (Å²) in [4.78, 5) is 17.5. The van der Waals surface area contributed by atoms with Crippen molar-refractivity contribution in [3.05, 3.63) is 93.7 Å². The Labute approximate surface area is 183 Å². The molecule has 0 radical (unpaired) electrons. The van der Waals surface area contributed by atoms with Crippen LogP contribution in [0.3, 0.4) is 0 Å². The minimum absolute atomic E-state index is 0.120. The predicted molar refractivity (Wildman–Crippen MR) is 123 cm³/mol. The van der Waals surface area contributed by atoms with Crippen molar-refractivity contribution in [2.75, 3.05) is 5.32 Å². The molecule has 0 bridgehead atoms. The standard InChI is InChI=1S/C24H21BrN4O/c1-15-7-13-20(14-8-15)26-24(30)22-27-23(18-9-11-19(25)12-10-18)29(28-22)21-6-4-5-16(2)17(21)3/h4-14H,1-3H3,(H,26,30). The van der Waals surface area contributed by atoms with E-state index in [0.29, 0.717) is 11.5 Å². The minimum atomic E-state index is -0.346. The van der Waals surface area contributed by atoms with Gasteiger partial charge in [-0.05, 0) is 62.2 Å². The van der Waals surface area contributed by atoms with Crippen molar-refractivity contribution < 1.29 is 4.79 Å². The Kier molecular flexibility index (Phi) is 5.50. The van der Waals surface area contributed by atoms with E-state index in [2.05, 4.69) is 44.3 Å². The molecule has 0 saturated carbocycles. The Morgan fingerprint density at radius 2 is 1.63 bits per heavy atom. The molecule has 1 aromatic heterocycles. The lowest BCUT2D eigenvalue weighted by atomic mass is 10.1. The molecule has 0 spiro atoms. The van der Waals surface area contributed by atoms with E-state index in [1.165, 1.54) is 0 Å². The Balaban J connectivity index is 1.79. The lowest BCUT2D eigenvalue weighted by Gasteiger charge is -2.11. The third-order valence-electron chi connectivity index (χ3n) is 5.03. The Morgan fingerprint density at radius 1 is 0.933 bits per heavy atom. The van der Waals surface area contributed by atoms with Crippen molar-refractivity contribution in [3.8, 4) is 17.1 Å². The van der Waals surface area contributed by atoms with Crippen molar-refractivity contribution in [2.24, 2.45) is 0 Å². The van der Waals surface area contributed by atoms with Crippen molar-refractivity contribution >= 4 is 27.5 Å². The summed E-state index contributed by atoms with van der Waals surface area (Å²) in [5.74, 6) is 0.390. The largest absolute Gasteiger partial charge is 0.319 e. The summed E-state index contributed by atoms with van der Waals surface area (Å²) in [6.07, 6.45) is 0. The van der Waals surface area contributed by atoms with Crippen LogP contribution in [0.2, 0.25) is 0 Å². The second kappa shape index (κ2) is 8.24. The van der Waals surface area contributed by atoms with Crippen LogP contribution in [0.25, 0.3) is 17.1 Å². The molecule has 6 heteroatoms. The van der Waals surface area contributed by atoms with E-state index >= 15 is 0 Å². The average molecular weight is 461 g/mol. The summed E-state index contributed by atoms with van der Waals surface area (Å²) in [5, 5.41) is 7.46. The molecule has 0 unspecified atom stereocenters. The molecule has 1 N–H and O–H groups in total. The van der Waals surface area contributed by atoms with Gasteiger partial charge in [-0.2, -0.15) is 0 Å². The first kappa shape index (κ1) is 20.0. The van der Waals surface area contributed by atoms with E-state index in [1.807, 2.05) is 74.5 Å². The van der Waals surface area contributed by atoms with Crippen LogP contribution in [0, 0.1) is 20.8 Å².